The summed E-state index contributed by atoms with van der Waals surface area (Å²) in [5.74, 6) is 0.837. The molecule has 0 radical (unpaired) electrons. The molecular weight excluding hydrogens is 218 g/mol. The first-order valence-electron chi connectivity index (χ1n) is 3.53. The fraction of sp³-hybridized carbons (Fsp3) is 0.250. The molecule has 1 aromatic heterocycles. The van der Waals surface area contributed by atoms with Crippen LogP contribution in [0.15, 0.2) is 21.7 Å². The van der Waals surface area contributed by atoms with Gasteiger partial charge in [-0.05, 0) is 34.5 Å². The molecule has 0 aliphatic carbocycles. The van der Waals surface area contributed by atoms with Gasteiger partial charge in [-0.25, -0.2) is 4.98 Å². The van der Waals surface area contributed by atoms with Crippen LogP contribution < -0.4 is 5.32 Å². The van der Waals surface area contributed by atoms with E-state index in [9.17, 15) is 0 Å². The SMILES string of the molecule is CN=CNc1ncc(Br)cc1C. The van der Waals surface area contributed by atoms with Crippen LogP contribution in [0.1, 0.15) is 5.56 Å². The first-order valence-corrected chi connectivity index (χ1v) is 4.32. The molecule has 64 valence electrons. The molecule has 0 saturated carbocycles. The fourth-order valence-electron chi connectivity index (χ4n) is 0.817. The largest absolute Gasteiger partial charge is 0.331 e. The minimum atomic E-state index is 0.837. The highest BCUT2D eigenvalue weighted by Crippen LogP contribution is 2.15. The molecule has 0 aliphatic heterocycles. The molecule has 1 aromatic rings. The van der Waals surface area contributed by atoms with Crippen molar-refractivity contribution in [1.82, 2.24) is 4.98 Å². The maximum Gasteiger partial charge on any atom is 0.133 e. The topological polar surface area (TPSA) is 37.3 Å². The van der Waals surface area contributed by atoms with Crippen LogP contribution in [0.5, 0.6) is 0 Å². The highest BCUT2D eigenvalue weighted by Gasteiger charge is 1.96. The van der Waals surface area contributed by atoms with Crippen LogP contribution in [0.4, 0.5) is 5.82 Å². The van der Waals surface area contributed by atoms with E-state index in [1.165, 1.54) is 0 Å². The van der Waals surface area contributed by atoms with Crippen molar-refractivity contribution in [3.05, 3.63) is 22.3 Å². The third-order valence-corrected chi connectivity index (χ3v) is 1.81. The Bertz CT molecular complexity index is 296. The minimum Gasteiger partial charge on any atom is -0.331 e. The molecule has 12 heavy (non-hydrogen) atoms. The number of anilines is 1. The van der Waals surface area contributed by atoms with E-state index in [1.54, 1.807) is 19.6 Å². The van der Waals surface area contributed by atoms with Crippen molar-refractivity contribution in [3.8, 4) is 0 Å². The molecule has 0 aromatic carbocycles. The smallest absolute Gasteiger partial charge is 0.133 e. The second-order valence-electron chi connectivity index (χ2n) is 2.35. The zero-order valence-corrected chi connectivity index (χ0v) is 8.59. The van der Waals surface area contributed by atoms with Crippen LogP contribution in [0.25, 0.3) is 0 Å². The van der Waals surface area contributed by atoms with Crippen LogP contribution in [-0.4, -0.2) is 18.4 Å². The number of rotatable bonds is 2. The van der Waals surface area contributed by atoms with Gasteiger partial charge in [-0.15, -0.1) is 0 Å². The predicted octanol–water partition coefficient (Wildman–Crippen LogP) is 2.22. The Labute approximate surface area is 80.1 Å². The van der Waals surface area contributed by atoms with E-state index >= 15 is 0 Å². The van der Waals surface area contributed by atoms with Crippen molar-refractivity contribution >= 4 is 28.1 Å². The van der Waals surface area contributed by atoms with Crippen molar-refractivity contribution in [1.29, 1.82) is 0 Å². The monoisotopic (exact) mass is 227 g/mol. The van der Waals surface area contributed by atoms with E-state index in [0.717, 1.165) is 15.9 Å². The van der Waals surface area contributed by atoms with E-state index < -0.39 is 0 Å². The summed E-state index contributed by atoms with van der Waals surface area (Å²) >= 11 is 3.34. The normalized spacial score (nSPS) is 10.6. The van der Waals surface area contributed by atoms with Crippen LogP contribution >= 0.6 is 15.9 Å². The molecule has 4 heteroatoms. The number of nitrogens with zero attached hydrogens (tertiary/aromatic N) is 2. The van der Waals surface area contributed by atoms with Crippen molar-refractivity contribution < 1.29 is 0 Å². The summed E-state index contributed by atoms with van der Waals surface area (Å²) in [5, 5.41) is 2.97. The van der Waals surface area contributed by atoms with Crippen LogP contribution in [0.2, 0.25) is 0 Å². The van der Waals surface area contributed by atoms with Gasteiger partial charge in [0.2, 0.25) is 0 Å². The second kappa shape index (κ2) is 4.21. The predicted molar refractivity (Wildman–Crippen MR) is 54.7 cm³/mol. The number of aryl methyl sites for hydroxylation is 1. The third kappa shape index (κ3) is 2.30. The summed E-state index contributed by atoms with van der Waals surface area (Å²) in [7, 11) is 1.71. The van der Waals surface area contributed by atoms with Gasteiger partial charge < -0.3 is 5.32 Å². The Morgan fingerprint density at radius 2 is 2.42 bits per heavy atom. The zero-order chi connectivity index (χ0) is 8.97. The molecule has 0 unspecified atom stereocenters. The zero-order valence-electron chi connectivity index (χ0n) is 7.00. The Balaban J connectivity index is 2.86. The Morgan fingerprint density at radius 3 is 3.00 bits per heavy atom. The van der Waals surface area contributed by atoms with E-state index in [1.807, 2.05) is 13.0 Å². The minimum absolute atomic E-state index is 0.837. The number of aliphatic imine (C=N–C) groups is 1. The Kier molecular flexibility index (Phi) is 3.22. The van der Waals surface area contributed by atoms with Crippen LogP contribution in [-0.2, 0) is 0 Å². The summed E-state index contributed by atoms with van der Waals surface area (Å²) < 4.78 is 0.985. The molecule has 1 N–H and O–H groups in total. The average molecular weight is 228 g/mol. The average Bonchev–Trinajstić information content (AvgIpc) is 2.03. The van der Waals surface area contributed by atoms with Gasteiger partial charge >= 0.3 is 0 Å². The first-order chi connectivity index (χ1) is 5.74. The highest BCUT2D eigenvalue weighted by molar-refractivity contribution is 9.10. The number of hydrogen-bond donors (Lipinski definition) is 1. The van der Waals surface area contributed by atoms with Crippen molar-refractivity contribution in [2.75, 3.05) is 12.4 Å². The molecule has 1 rings (SSSR count). The lowest BCUT2D eigenvalue weighted by atomic mass is 10.3. The summed E-state index contributed by atoms with van der Waals surface area (Å²) in [6.45, 7) is 1.99. The van der Waals surface area contributed by atoms with E-state index in [0.29, 0.717) is 0 Å². The number of pyridine rings is 1. The Hall–Kier alpha value is -0.900. The molecule has 3 nitrogen and oxygen atoms in total. The lowest BCUT2D eigenvalue weighted by Gasteiger charge is -2.02. The molecule has 0 spiro atoms. The molecule has 0 atom stereocenters. The van der Waals surface area contributed by atoms with Gasteiger partial charge in [0.1, 0.15) is 5.82 Å². The van der Waals surface area contributed by atoms with Gasteiger partial charge in [-0.1, -0.05) is 0 Å². The molecule has 0 amide bonds. The van der Waals surface area contributed by atoms with Gasteiger partial charge in [-0.3, -0.25) is 4.99 Å². The Morgan fingerprint density at radius 1 is 1.67 bits per heavy atom. The summed E-state index contributed by atoms with van der Waals surface area (Å²) in [6, 6.07) is 2.00. The van der Waals surface area contributed by atoms with Crippen molar-refractivity contribution in [3.63, 3.8) is 0 Å². The molecule has 0 saturated heterocycles. The first kappa shape index (κ1) is 9.19. The van der Waals surface area contributed by atoms with Crippen LogP contribution in [0.3, 0.4) is 0 Å². The molecule has 1 heterocycles. The van der Waals surface area contributed by atoms with Crippen molar-refractivity contribution in [2.24, 2.45) is 4.99 Å². The van der Waals surface area contributed by atoms with Gasteiger partial charge in [0, 0.05) is 17.7 Å². The number of hydrogen-bond acceptors (Lipinski definition) is 2. The third-order valence-electron chi connectivity index (χ3n) is 1.38. The standard InChI is InChI=1S/C8H10BrN3/c1-6-3-7(9)4-11-8(6)12-5-10-2/h3-5H,1-2H3,(H,10,11,12). The van der Waals surface area contributed by atoms with Gasteiger partial charge in [0.15, 0.2) is 0 Å². The van der Waals surface area contributed by atoms with Crippen LogP contribution in [0, 0.1) is 6.92 Å². The summed E-state index contributed by atoms with van der Waals surface area (Å²) in [6.07, 6.45) is 3.36. The maximum absolute atomic E-state index is 4.17. The molecule has 0 aliphatic rings. The molecular formula is C8H10BrN3. The lowest BCUT2D eigenvalue weighted by molar-refractivity contribution is 1.25. The van der Waals surface area contributed by atoms with Gasteiger partial charge in [0.05, 0.1) is 6.34 Å². The fourth-order valence-corrected chi connectivity index (χ4v) is 1.26. The lowest BCUT2D eigenvalue weighted by Crippen LogP contribution is -1.99. The second-order valence-corrected chi connectivity index (χ2v) is 3.27. The quantitative estimate of drug-likeness (QED) is 0.622. The van der Waals surface area contributed by atoms with E-state index in [4.69, 9.17) is 0 Å². The number of halogens is 1. The highest BCUT2D eigenvalue weighted by atomic mass is 79.9. The molecule has 0 fully saturated rings. The summed E-state index contributed by atoms with van der Waals surface area (Å²) in [4.78, 5) is 7.97. The maximum atomic E-state index is 4.17. The number of aromatic nitrogens is 1. The van der Waals surface area contributed by atoms with E-state index in [-0.39, 0.29) is 0 Å². The summed E-state index contributed by atoms with van der Waals surface area (Å²) in [5.41, 5.74) is 1.09. The van der Waals surface area contributed by atoms with Crippen molar-refractivity contribution in [2.45, 2.75) is 6.92 Å². The van der Waals surface area contributed by atoms with E-state index in [2.05, 4.69) is 31.2 Å². The van der Waals surface area contributed by atoms with Gasteiger partial charge in [-0.2, -0.15) is 0 Å². The molecule has 0 bridgehead atoms. The number of nitrogens with one attached hydrogen (secondary N) is 1. The van der Waals surface area contributed by atoms with Gasteiger partial charge in [0.25, 0.3) is 0 Å².